The van der Waals surface area contributed by atoms with Crippen LogP contribution in [0, 0.1) is 6.92 Å². The molecule has 4 rings (SSSR count). The van der Waals surface area contributed by atoms with E-state index >= 15 is 0 Å². The van der Waals surface area contributed by atoms with Crippen molar-refractivity contribution in [2.24, 2.45) is 0 Å². The molecule has 2 N–H and O–H groups in total. The second-order valence-corrected chi connectivity index (χ2v) is 7.29. The molecule has 0 amide bonds. The Hall–Kier alpha value is -3.22. The largest absolute Gasteiger partial charge is 0.490 e. The number of nitrogens with zero attached hydrogens (tertiary/aromatic N) is 2. The van der Waals surface area contributed by atoms with E-state index in [-0.39, 0.29) is 6.04 Å². The summed E-state index contributed by atoms with van der Waals surface area (Å²) < 4.78 is 11.8. The minimum absolute atomic E-state index is 0.0855. The third-order valence-corrected chi connectivity index (χ3v) is 5.08. The van der Waals surface area contributed by atoms with Gasteiger partial charge in [-0.25, -0.2) is 0 Å². The van der Waals surface area contributed by atoms with Crippen LogP contribution in [-0.4, -0.2) is 41.5 Å². The zero-order valence-electron chi connectivity index (χ0n) is 17.3. The number of rotatable bonds is 9. The minimum atomic E-state index is 0.0855. The number of hydrogen-bond acceptors (Lipinski definition) is 5. The topological polar surface area (TPSA) is 72.1 Å². The number of aromatic nitrogens is 3. The van der Waals surface area contributed by atoms with Gasteiger partial charge in [-0.15, -0.1) is 0 Å². The molecule has 0 saturated heterocycles. The summed E-state index contributed by atoms with van der Waals surface area (Å²) in [7, 11) is 1.91. The quantitative estimate of drug-likeness (QED) is 0.441. The van der Waals surface area contributed by atoms with E-state index in [1.165, 1.54) is 0 Å². The standard InChI is InChI=1S/C24H26N4O2/c1-17-23-11-19(8-9-24(23)28-27-17)20-10-22(13-26-12-20)30-16-21(25-2)15-29-14-18-6-4-3-5-7-18/h3-13,21,25H,14-16H2,1-2H3,(H,27,28)/t21-/m0/s1. The van der Waals surface area contributed by atoms with E-state index in [4.69, 9.17) is 9.47 Å². The summed E-state index contributed by atoms with van der Waals surface area (Å²) in [6.45, 7) is 3.67. The number of nitrogens with one attached hydrogen (secondary N) is 2. The van der Waals surface area contributed by atoms with Gasteiger partial charge in [0.2, 0.25) is 0 Å². The van der Waals surface area contributed by atoms with Crippen LogP contribution in [0.1, 0.15) is 11.3 Å². The van der Waals surface area contributed by atoms with Crippen LogP contribution in [0.25, 0.3) is 22.0 Å². The number of aromatic amines is 1. The molecule has 6 heteroatoms. The van der Waals surface area contributed by atoms with Crippen LogP contribution in [0.15, 0.2) is 67.0 Å². The van der Waals surface area contributed by atoms with E-state index in [0.717, 1.165) is 39.0 Å². The van der Waals surface area contributed by atoms with Crippen LogP contribution in [-0.2, 0) is 11.3 Å². The fourth-order valence-corrected chi connectivity index (χ4v) is 3.28. The van der Waals surface area contributed by atoms with Crippen molar-refractivity contribution in [1.29, 1.82) is 0 Å². The number of H-pyrrole nitrogens is 1. The number of benzene rings is 2. The van der Waals surface area contributed by atoms with Gasteiger partial charge in [-0.1, -0.05) is 36.4 Å². The normalized spacial score (nSPS) is 12.2. The zero-order chi connectivity index (χ0) is 20.8. The van der Waals surface area contributed by atoms with E-state index in [9.17, 15) is 0 Å². The van der Waals surface area contributed by atoms with E-state index < -0.39 is 0 Å². The summed E-state index contributed by atoms with van der Waals surface area (Å²) >= 11 is 0. The lowest BCUT2D eigenvalue weighted by Gasteiger charge is -2.17. The first-order valence-electron chi connectivity index (χ1n) is 10.0. The molecule has 0 aliphatic carbocycles. The Morgan fingerprint density at radius 1 is 1.00 bits per heavy atom. The second kappa shape index (κ2) is 9.52. The molecule has 2 aromatic heterocycles. The van der Waals surface area contributed by atoms with Gasteiger partial charge < -0.3 is 14.8 Å². The van der Waals surface area contributed by atoms with Gasteiger partial charge in [0.25, 0.3) is 0 Å². The molecule has 0 unspecified atom stereocenters. The van der Waals surface area contributed by atoms with Crippen LogP contribution in [0.5, 0.6) is 5.75 Å². The average molecular weight is 402 g/mol. The summed E-state index contributed by atoms with van der Waals surface area (Å²) in [4.78, 5) is 4.36. The summed E-state index contributed by atoms with van der Waals surface area (Å²) in [5, 5.41) is 11.7. The molecular weight excluding hydrogens is 376 g/mol. The molecule has 0 aliphatic rings. The molecule has 6 nitrogen and oxygen atoms in total. The lowest BCUT2D eigenvalue weighted by Crippen LogP contribution is -2.36. The van der Waals surface area contributed by atoms with Crippen LogP contribution >= 0.6 is 0 Å². The van der Waals surface area contributed by atoms with Crippen molar-refractivity contribution < 1.29 is 9.47 Å². The van der Waals surface area contributed by atoms with Gasteiger partial charge in [0.1, 0.15) is 12.4 Å². The number of likely N-dealkylation sites (N-methyl/N-ethyl adjacent to an activating group) is 1. The van der Waals surface area contributed by atoms with Gasteiger partial charge in [-0.2, -0.15) is 5.10 Å². The van der Waals surface area contributed by atoms with Gasteiger partial charge in [0.15, 0.2) is 0 Å². The van der Waals surface area contributed by atoms with Crippen molar-refractivity contribution in [3.05, 3.63) is 78.2 Å². The maximum absolute atomic E-state index is 6.00. The van der Waals surface area contributed by atoms with E-state index in [1.807, 2.05) is 50.5 Å². The highest BCUT2D eigenvalue weighted by molar-refractivity contribution is 5.86. The first-order chi connectivity index (χ1) is 14.7. The highest BCUT2D eigenvalue weighted by atomic mass is 16.5. The molecular formula is C24H26N4O2. The Balaban J connectivity index is 1.36. The summed E-state index contributed by atoms with van der Waals surface area (Å²) in [5.41, 5.74) is 5.27. The van der Waals surface area contributed by atoms with Crippen molar-refractivity contribution >= 4 is 10.9 Å². The molecule has 0 radical (unpaired) electrons. The van der Waals surface area contributed by atoms with Crippen LogP contribution < -0.4 is 10.1 Å². The highest BCUT2D eigenvalue weighted by Gasteiger charge is 2.10. The van der Waals surface area contributed by atoms with Crippen molar-refractivity contribution in [3.8, 4) is 16.9 Å². The maximum Gasteiger partial charge on any atom is 0.138 e. The number of aryl methyl sites for hydroxylation is 1. The summed E-state index contributed by atoms with van der Waals surface area (Å²) in [5.74, 6) is 0.736. The molecule has 2 aromatic carbocycles. The number of fused-ring (bicyclic) bond motifs is 1. The third kappa shape index (κ3) is 4.84. The predicted octanol–water partition coefficient (Wildman–Crippen LogP) is 4.12. The Kier molecular flexibility index (Phi) is 6.37. The van der Waals surface area contributed by atoms with Crippen LogP contribution in [0.2, 0.25) is 0 Å². The molecule has 0 fully saturated rings. The van der Waals surface area contributed by atoms with Crippen molar-refractivity contribution in [1.82, 2.24) is 20.5 Å². The van der Waals surface area contributed by atoms with E-state index in [2.05, 4.69) is 44.8 Å². The monoisotopic (exact) mass is 402 g/mol. The molecule has 4 aromatic rings. The third-order valence-electron chi connectivity index (χ3n) is 5.08. The lowest BCUT2D eigenvalue weighted by atomic mass is 10.0. The molecule has 0 bridgehead atoms. The van der Waals surface area contributed by atoms with Crippen LogP contribution in [0.4, 0.5) is 0 Å². The number of ether oxygens (including phenoxy) is 2. The fraction of sp³-hybridized carbons (Fsp3) is 0.250. The van der Waals surface area contributed by atoms with Crippen LogP contribution in [0.3, 0.4) is 0 Å². The smallest absolute Gasteiger partial charge is 0.138 e. The molecule has 1 atom stereocenters. The fourth-order valence-electron chi connectivity index (χ4n) is 3.28. The predicted molar refractivity (Wildman–Crippen MR) is 119 cm³/mol. The van der Waals surface area contributed by atoms with Gasteiger partial charge in [-0.05, 0) is 43.3 Å². The molecule has 0 spiro atoms. The Morgan fingerprint density at radius 3 is 2.70 bits per heavy atom. The van der Waals surface area contributed by atoms with Crippen molar-refractivity contribution in [2.75, 3.05) is 20.3 Å². The average Bonchev–Trinajstić information content (AvgIpc) is 3.17. The van der Waals surface area contributed by atoms with Gasteiger partial charge >= 0.3 is 0 Å². The first-order valence-corrected chi connectivity index (χ1v) is 10.0. The molecule has 2 heterocycles. The van der Waals surface area contributed by atoms with E-state index in [1.54, 1.807) is 6.20 Å². The molecule has 0 aliphatic heterocycles. The molecule has 0 saturated carbocycles. The Labute approximate surface area is 176 Å². The van der Waals surface area contributed by atoms with Crippen molar-refractivity contribution in [3.63, 3.8) is 0 Å². The Morgan fingerprint density at radius 2 is 1.87 bits per heavy atom. The highest BCUT2D eigenvalue weighted by Crippen LogP contribution is 2.27. The lowest BCUT2D eigenvalue weighted by molar-refractivity contribution is 0.0848. The van der Waals surface area contributed by atoms with Crippen molar-refractivity contribution in [2.45, 2.75) is 19.6 Å². The minimum Gasteiger partial charge on any atom is -0.490 e. The summed E-state index contributed by atoms with van der Waals surface area (Å²) in [6.07, 6.45) is 3.59. The molecule has 154 valence electrons. The van der Waals surface area contributed by atoms with Gasteiger partial charge in [0.05, 0.1) is 31.0 Å². The number of pyridine rings is 1. The summed E-state index contributed by atoms with van der Waals surface area (Å²) in [6, 6.07) is 18.5. The maximum atomic E-state index is 6.00. The SMILES string of the molecule is CN[C@@H](COCc1ccccc1)COc1cncc(-c2ccc3n[nH]c(C)c3c2)c1. The van der Waals surface area contributed by atoms with Gasteiger partial charge in [-0.3, -0.25) is 10.1 Å². The van der Waals surface area contributed by atoms with Gasteiger partial charge in [0, 0.05) is 22.8 Å². The second-order valence-electron chi connectivity index (χ2n) is 7.29. The first kappa shape index (κ1) is 20.1. The molecule has 30 heavy (non-hydrogen) atoms. The zero-order valence-corrected chi connectivity index (χ0v) is 17.3. The Bertz CT molecular complexity index is 1090. The number of hydrogen-bond donors (Lipinski definition) is 2. The van der Waals surface area contributed by atoms with E-state index in [0.29, 0.717) is 19.8 Å².